The maximum absolute atomic E-state index is 14.0. The van der Waals surface area contributed by atoms with Gasteiger partial charge in [0.05, 0.1) is 22.2 Å². The van der Waals surface area contributed by atoms with Crippen LogP contribution in [-0.4, -0.2) is 51.4 Å². The number of carbonyl (C=O) groups is 2. The number of carbonyl (C=O) groups excluding carboxylic acids is 2. The van der Waals surface area contributed by atoms with Crippen LogP contribution in [0, 0.1) is 18.7 Å². The fourth-order valence-electron chi connectivity index (χ4n) is 4.00. The van der Waals surface area contributed by atoms with Gasteiger partial charge in [0.15, 0.2) is 0 Å². The van der Waals surface area contributed by atoms with Gasteiger partial charge in [-0.2, -0.15) is 0 Å². The molecule has 11 heteroatoms. The summed E-state index contributed by atoms with van der Waals surface area (Å²) in [5.41, 5.74) is 1.79. The number of hydrogen-bond acceptors (Lipinski definition) is 5. The maximum Gasteiger partial charge on any atom is 0.264 e. The highest BCUT2D eigenvalue weighted by Gasteiger charge is 2.33. The summed E-state index contributed by atoms with van der Waals surface area (Å²) in [6, 6.07) is 15.8. The monoisotopic (exact) mass is 647 g/mol. The molecule has 3 rings (SSSR count). The van der Waals surface area contributed by atoms with E-state index in [-0.39, 0.29) is 29.0 Å². The number of rotatable bonds is 12. The molecule has 0 fully saturated rings. The molecule has 8 nitrogen and oxygen atoms in total. The first-order valence-corrected chi connectivity index (χ1v) is 15.3. The first-order chi connectivity index (χ1) is 19.3. The van der Waals surface area contributed by atoms with Crippen molar-refractivity contribution in [2.75, 3.05) is 24.5 Å². The molecule has 0 aromatic heterocycles. The Morgan fingerprint density at radius 1 is 1.00 bits per heavy atom. The lowest BCUT2D eigenvalue weighted by Gasteiger charge is -2.32. The fourth-order valence-corrected chi connectivity index (χ4v) is 6.13. The number of benzene rings is 3. The van der Waals surface area contributed by atoms with Crippen LogP contribution < -0.4 is 14.4 Å². The summed E-state index contributed by atoms with van der Waals surface area (Å²) in [7, 11) is -2.77. The van der Waals surface area contributed by atoms with E-state index < -0.39 is 34.3 Å². The van der Waals surface area contributed by atoms with E-state index in [0.717, 1.165) is 9.87 Å². The largest absolute Gasteiger partial charge is 0.496 e. The molecule has 0 radical (unpaired) electrons. The molecular formula is C30H35BrFN3O5S. The van der Waals surface area contributed by atoms with Crippen molar-refractivity contribution in [1.29, 1.82) is 0 Å². The third kappa shape index (κ3) is 8.29. The molecular weight excluding hydrogens is 613 g/mol. The number of aryl methyl sites for hydroxylation is 1. The lowest BCUT2D eigenvalue weighted by Crippen LogP contribution is -2.51. The second-order valence-corrected chi connectivity index (χ2v) is 12.8. The summed E-state index contributed by atoms with van der Waals surface area (Å²) >= 11 is 3.34. The molecule has 220 valence electrons. The van der Waals surface area contributed by atoms with Gasteiger partial charge in [0.1, 0.15) is 24.2 Å². The molecule has 3 aromatic rings. The van der Waals surface area contributed by atoms with E-state index >= 15 is 0 Å². The summed E-state index contributed by atoms with van der Waals surface area (Å²) in [5, 5.41) is 2.83. The quantitative estimate of drug-likeness (QED) is 0.288. The zero-order chi connectivity index (χ0) is 30.3. The molecule has 0 aliphatic carbocycles. The van der Waals surface area contributed by atoms with Gasteiger partial charge in [-0.3, -0.25) is 13.9 Å². The van der Waals surface area contributed by atoms with Crippen LogP contribution in [0.15, 0.2) is 76.1 Å². The molecule has 0 aliphatic rings. The van der Waals surface area contributed by atoms with Gasteiger partial charge in [0, 0.05) is 13.1 Å². The van der Waals surface area contributed by atoms with E-state index in [1.165, 1.54) is 54.5 Å². The van der Waals surface area contributed by atoms with Crippen molar-refractivity contribution in [2.45, 2.75) is 45.2 Å². The summed E-state index contributed by atoms with van der Waals surface area (Å²) in [4.78, 5) is 28.2. The molecule has 0 unspecified atom stereocenters. The summed E-state index contributed by atoms with van der Waals surface area (Å²) in [5.74, 6) is -0.764. The highest BCUT2D eigenvalue weighted by Crippen LogP contribution is 2.31. The second-order valence-electron chi connectivity index (χ2n) is 10.1. The first-order valence-electron chi connectivity index (χ1n) is 13.1. The van der Waals surface area contributed by atoms with Crippen molar-refractivity contribution in [2.24, 2.45) is 5.92 Å². The van der Waals surface area contributed by atoms with Gasteiger partial charge in [-0.15, -0.1) is 0 Å². The standard InChI is InChI=1S/C30H35BrFN3O5S/c1-20(2)17-33-30(37)22(4)34(18-23-8-10-24(32)11-9-23)29(36)19-35(25-12-6-21(3)7-13-25)41(38,39)26-14-15-28(40-5)27(31)16-26/h6-16,20,22H,17-19H2,1-5H3,(H,33,37)/t22-/m0/s1. The minimum Gasteiger partial charge on any atom is -0.496 e. The van der Waals surface area contributed by atoms with E-state index in [1.54, 1.807) is 31.2 Å². The number of sulfonamides is 1. The Bertz CT molecular complexity index is 1460. The van der Waals surface area contributed by atoms with Gasteiger partial charge in [-0.05, 0) is 83.7 Å². The zero-order valence-corrected chi connectivity index (χ0v) is 26.1. The fraction of sp³-hybridized carbons (Fsp3) is 0.333. The normalized spacial score (nSPS) is 12.1. The molecule has 2 amide bonds. The number of methoxy groups -OCH3 is 1. The Labute approximate surface area is 249 Å². The van der Waals surface area contributed by atoms with Crippen molar-refractivity contribution in [1.82, 2.24) is 10.2 Å². The highest BCUT2D eigenvalue weighted by atomic mass is 79.9. The minimum absolute atomic E-state index is 0.0226. The van der Waals surface area contributed by atoms with Crippen LogP contribution in [0.3, 0.4) is 0 Å². The van der Waals surface area contributed by atoms with Crippen LogP contribution in [-0.2, 0) is 26.2 Å². The zero-order valence-electron chi connectivity index (χ0n) is 23.7. The molecule has 0 heterocycles. The average molecular weight is 649 g/mol. The second kappa shape index (κ2) is 14.0. The number of amides is 2. The average Bonchev–Trinajstić information content (AvgIpc) is 2.94. The predicted octanol–water partition coefficient (Wildman–Crippen LogP) is 5.29. The number of ether oxygens (including phenoxy) is 1. The molecule has 0 saturated heterocycles. The van der Waals surface area contributed by atoms with E-state index in [4.69, 9.17) is 4.74 Å². The van der Waals surface area contributed by atoms with Gasteiger partial charge in [0.2, 0.25) is 11.8 Å². The number of nitrogens with one attached hydrogen (secondary N) is 1. The number of hydrogen-bond donors (Lipinski definition) is 1. The summed E-state index contributed by atoms with van der Waals surface area (Å²) in [6.45, 7) is 7.18. The van der Waals surface area contributed by atoms with E-state index in [1.807, 2.05) is 20.8 Å². The maximum atomic E-state index is 14.0. The third-order valence-electron chi connectivity index (χ3n) is 6.43. The Balaban J connectivity index is 2.03. The van der Waals surface area contributed by atoms with Crippen molar-refractivity contribution in [3.63, 3.8) is 0 Å². The molecule has 1 N–H and O–H groups in total. The minimum atomic E-state index is -4.24. The summed E-state index contributed by atoms with van der Waals surface area (Å²) < 4.78 is 48.2. The van der Waals surface area contributed by atoms with Crippen molar-refractivity contribution in [3.8, 4) is 5.75 Å². The Morgan fingerprint density at radius 2 is 1.63 bits per heavy atom. The van der Waals surface area contributed by atoms with Crippen LogP contribution in [0.5, 0.6) is 5.75 Å². The van der Waals surface area contributed by atoms with Crippen LogP contribution in [0.1, 0.15) is 31.9 Å². The Hall–Kier alpha value is -3.44. The van der Waals surface area contributed by atoms with Crippen LogP contribution in [0.25, 0.3) is 0 Å². The lowest BCUT2D eigenvalue weighted by atomic mass is 10.1. The van der Waals surface area contributed by atoms with Gasteiger partial charge < -0.3 is 15.0 Å². The molecule has 0 bridgehead atoms. The lowest BCUT2D eigenvalue weighted by molar-refractivity contribution is -0.139. The van der Waals surface area contributed by atoms with Gasteiger partial charge >= 0.3 is 0 Å². The molecule has 0 spiro atoms. The van der Waals surface area contributed by atoms with E-state index in [0.29, 0.717) is 22.3 Å². The molecule has 0 saturated carbocycles. The van der Waals surface area contributed by atoms with Gasteiger partial charge in [-0.25, -0.2) is 12.8 Å². The molecule has 41 heavy (non-hydrogen) atoms. The SMILES string of the molecule is COc1ccc(S(=O)(=O)N(CC(=O)N(Cc2ccc(F)cc2)[C@@H](C)C(=O)NCC(C)C)c2ccc(C)cc2)cc1Br. The number of nitrogens with zero attached hydrogens (tertiary/aromatic N) is 2. The number of halogens is 2. The van der Waals surface area contributed by atoms with Crippen LogP contribution in [0.2, 0.25) is 0 Å². The van der Waals surface area contributed by atoms with Gasteiger partial charge in [-0.1, -0.05) is 43.7 Å². The predicted molar refractivity (Wildman–Crippen MR) is 161 cm³/mol. The van der Waals surface area contributed by atoms with Crippen molar-refractivity contribution < 1.29 is 27.1 Å². The molecule has 1 atom stereocenters. The molecule has 0 aliphatic heterocycles. The topological polar surface area (TPSA) is 96.0 Å². The Kier molecular flexibility index (Phi) is 10.9. The Morgan fingerprint density at radius 3 is 2.20 bits per heavy atom. The highest BCUT2D eigenvalue weighted by molar-refractivity contribution is 9.10. The van der Waals surface area contributed by atoms with Crippen molar-refractivity contribution in [3.05, 3.63) is 88.1 Å². The van der Waals surface area contributed by atoms with E-state index in [2.05, 4.69) is 21.2 Å². The molecule has 3 aromatic carbocycles. The summed E-state index contributed by atoms with van der Waals surface area (Å²) in [6.07, 6.45) is 0. The number of anilines is 1. The first kappa shape index (κ1) is 32.1. The smallest absolute Gasteiger partial charge is 0.264 e. The third-order valence-corrected chi connectivity index (χ3v) is 8.82. The van der Waals surface area contributed by atoms with E-state index in [9.17, 15) is 22.4 Å². The van der Waals surface area contributed by atoms with Gasteiger partial charge in [0.25, 0.3) is 10.0 Å². The van der Waals surface area contributed by atoms with Crippen molar-refractivity contribution >= 4 is 43.5 Å². The van der Waals surface area contributed by atoms with Crippen LogP contribution in [0.4, 0.5) is 10.1 Å². The van der Waals surface area contributed by atoms with Crippen LogP contribution >= 0.6 is 15.9 Å².